The molecule has 2 N–H and O–H groups in total. The molecule has 1 aliphatic carbocycles. The Hall–Kier alpha value is -3.11. The number of anilines is 1. The monoisotopic (exact) mass is 441 g/mol. The highest BCUT2D eigenvalue weighted by atomic mass is 32.2. The molecule has 3 aromatic rings. The summed E-state index contributed by atoms with van der Waals surface area (Å²) in [5.41, 5.74) is 2.00. The number of benzene rings is 1. The van der Waals surface area contributed by atoms with Gasteiger partial charge in [0.05, 0.1) is 10.9 Å². The summed E-state index contributed by atoms with van der Waals surface area (Å²) in [6, 6.07) is 7.41. The summed E-state index contributed by atoms with van der Waals surface area (Å²) in [5, 5.41) is 6.59. The molecule has 2 heterocycles. The highest BCUT2D eigenvalue weighted by Gasteiger charge is 2.30. The molecule has 0 radical (unpaired) electrons. The van der Waals surface area contributed by atoms with Crippen LogP contribution in [0.3, 0.4) is 0 Å². The van der Waals surface area contributed by atoms with Crippen LogP contribution in [-0.2, 0) is 14.8 Å². The van der Waals surface area contributed by atoms with Crippen LogP contribution in [0.5, 0.6) is 0 Å². The maximum atomic E-state index is 13.0. The number of amides is 1. The molecule has 10 heteroatoms. The van der Waals surface area contributed by atoms with E-state index in [0.717, 1.165) is 18.4 Å². The van der Waals surface area contributed by atoms with Crippen LogP contribution in [0, 0.1) is 13.8 Å². The van der Waals surface area contributed by atoms with Crippen molar-refractivity contribution in [2.24, 2.45) is 0 Å². The molecule has 0 spiro atoms. The molecule has 1 saturated carbocycles. The van der Waals surface area contributed by atoms with Gasteiger partial charge in [-0.1, -0.05) is 17.3 Å². The van der Waals surface area contributed by atoms with E-state index in [1.807, 2.05) is 6.92 Å². The molecule has 2 aromatic heterocycles. The fraction of sp³-hybridized carbons (Fsp3) is 0.333. The summed E-state index contributed by atoms with van der Waals surface area (Å²) in [6.45, 7) is 5.03. The summed E-state index contributed by atoms with van der Waals surface area (Å²) in [5.74, 6) is 1.07. The molecule has 1 amide bonds. The molecule has 1 atom stereocenters. The van der Waals surface area contributed by atoms with Crippen molar-refractivity contribution in [3.05, 3.63) is 53.5 Å². The first-order valence-corrected chi connectivity index (χ1v) is 11.4. The van der Waals surface area contributed by atoms with Crippen LogP contribution < -0.4 is 10.0 Å². The average molecular weight is 442 g/mol. The first-order valence-electron chi connectivity index (χ1n) is 9.93. The van der Waals surface area contributed by atoms with Gasteiger partial charge in [-0.05, 0) is 62.9 Å². The molecule has 0 aliphatic heterocycles. The molecule has 1 aromatic carbocycles. The number of carbonyl (C=O) groups is 1. The zero-order valence-electron chi connectivity index (χ0n) is 17.4. The topological polar surface area (TPSA) is 127 Å². The molecule has 162 valence electrons. The van der Waals surface area contributed by atoms with Crippen LogP contribution in [-0.4, -0.2) is 35.5 Å². The zero-order chi connectivity index (χ0) is 22.2. The van der Waals surface area contributed by atoms with Crippen LogP contribution >= 0.6 is 0 Å². The predicted molar refractivity (Wildman–Crippen MR) is 114 cm³/mol. The van der Waals surface area contributed by atoms with E-state index in [2.05, 4.69) is 25.2 Å². The number of nitrogens with one attached hydrogen (secondary N) is 2. The quantitative estimate of drug-likeness (QED) is 0.577. The van der Waals surface area contributed by atoms with E-state index in [1.54, 1.807) is 37.4 Å². The van der Waals surface area contributed by atoms with Gasteiger partial charge in [0, 0.05) is 17.7 Å². The van der Waals surface area contributed by atoms with E-state index in [9.17, 15) is 13.2 Å². The van der Waals surface area contributed by atoms with Crippen molar-refractivity contribution >= 4 is 21.7 Å². The lowest BCUT2D eigenvalue weighted by Gasteiger charge is -2.16. The number of hydrogen-bond donors (Lipinski definition) is 2. The second kappa shape index (κ2) is 8.20. The second-order valence-corrected chi connectivity index (χ2v) is 9.44. The Kier molecular flexibility index (Phi) is 5.59. The molecule has 0 saturated heterocycles. The molecule has 9 nitrogen and oxygen atoms in total. The molecular formula is C21H23N5O4S. The summed E-state index contributed by atoms with van der Waals surface area (Å²) < 4.78 is 33.7. The third-order valence-corrected chi connectivity index (χ3v) is 6.68. The van der Waals surface area contributed by atoms with Gasteiger partial charge >= 0.3 is 0 Å². The molecule has 0 unspecified atom stereocenters. The third kappa shape index (κ3) is 4.80. The van der Waals surface area contributed by atoms with Crippen molar-refractivity contribution in [1.82, 2.24) is 19.8 Å². The minimum atomic E-state index is -3.98. The lowest BCUT2D eigenvalue weighted by atomic mass is 10.1. The molecule has 31 heavy (non-hydrogen) atoms. The SMILES string of the molecule is Cc1ccnc(NC(=O)[C@@H](C)NS(=O)(=O)c2cc(-c3noc(C4CC4)n3)ccc2C)c1. The second-order valence-electron chi connectivity index (χ2n) is 7.76. The number of aromatic nitrogens is 3. The zero-order valence-corrected chi connectivity index (χ0v) is 18.2. The molecule has 1 aliphatic rings. The Morgan fingerprint density at radius 1 is 1.19 bits per heavy atom. The average Bonchev–Trinajstić information content (AvgIpc) is 3.45. The Morgan fingerprint density at radius 2 is 1.97 bits per heavy atom. The van der Waals surface area contributed by atoms with Crippen molar-refractivity contribution in [3.8, 4) is 11.4 Å². The van der Waals surface area contributed by atoms with Gasteiger partial charge in [-0.3, -0.25) is 4.79 Å². The van der Waals surface area contributed by atoms with E-state index in [1.165, 1.54) is 13.0 Å². The van der Waals surface area contributed by atoms with Gasteiger partial charge in [-0.25, -0.2) is 13.4 Å². The van der Waals surface area contributed by atoms with E-state index in [-0.39, 0.29) is 4.90 Å². The van der Waals surface area contributed by atoms with E-state index in [4.69, 9.17) is 4.52 Å². The highest BCUT2D eigenvalue weighted by Crippen LogP contribution is 2.39. The Labute approximate surface area is 180 Å². The largest absolute Gasteiger partial charge is 0.339 e. The van der Waals surface area contributed by atoms with Crippen molar-refractivity contribution < 1.29 is 17.7 Å². The van der Waals surface area contributed by atoms with Gasteiger partial charge in [-0.15, -0.1) is 0 Å². The number of aryl methyl sites for hydroxylation is 2. The minimum absolute atomic E-state index is 0.0519. The smallest absolute Gasteiger partial charge is 0.243 e. The lowest BCUT2D eigenvalue weighted by Crippen LogP contribution is -2.41. The molecule has 4 rings (SSSR count). The Balaban J connectivity index is 1.52. The van der Waals surface area contributed by atoms with Crippen LogP contribution in [0.15, 0.2) is 45.9 Å². The van der Waals surface area contributed by atoms with Gasteiger partial charge in [0.2, 0.25) is 27.6 Å². The number of nitrogens with zero attached hydrogens (tertiary/aromatic N) is 3. The fourth-order valence-corrected chi connectivity index (χ4v) is 4.54. The number of pyridine rings is 1. The maximum absolute atomic E-state index is 13.0. The van der Waals surface area contributed by atoms with Crippen LogP contribution in [0.25, 0.3) is 11.4 Å². The number of rotatable bonds is 7. The Bertz CT molecular complexity index is 1230. The maximum Gasteiger partial charge on any atom is 0.243 e. The van der Waals surface area contributed by atoms with Crippen molar-refractivity contribution in [1.29, 1.82) is 0 Å². The van der Waals surface area contributed by atoms with Gasteiger partial charge in [0.15, 0.2) is 0 Å². The van der Waals surface area contributed by atoms with Crippen molar-refractivity contribution in [2.45, 2.75) is 50.5 Å². The van der Waals surface area contributed by atoms with Crippen molar-refractivity contribution in [2.75, 3.05) is 5.32 Å². The number of hydrogen-bond acceptors (Lipinski definition) is 7. The molecule has 1 fully saturated rings. The van der Waals surface area contributed by atoms with Gasteiger partial charge in [-0.2, -0.15) is 9.71 Å². The third-order valence-electron chi connectivity index (χ3n) is 5.00. The normalized spacial score (nSPS) is 14.9. The lowest BCUT2D eigenvalue weighted by molar-refractivity contribution is -0.117. The van der Waals surface area contributed by atoms with E-state index < -0.39 is 22.0 Å². The van der Waals surface area contributed by atoms with E-state index >= 15 is 0 Å². The molecule has 0 bridgehead atoms. The number of sulfonamides is 1. The van der Waals surface area contributed by atoms with Crippen LogP contribution in [0.1, 0.15) is 42.7 Å². The summed E-state index contributed by atoms with van der Waals surface area (Å²) in [6.07, 6.45) is 3.62. The molecular weight excluding hydrogens is 418 g/mol. The summed E-state index contributed by atoms with van der Waals surface area (Å²) >= 11 is 0. The van der Waals surface area contributed by atoms with Gasteiger partial charge in [0.1, 0.15) is 5.82 Å². The minimum Gasteiger partial charge on any atom is -0.339 e. The predicted octanol–water partition coefficient (Wildman–Crippen LogP) is 2.93. The highest BCUT2D eigenvalue weighted by molar-refractivity contribution is 7.89. The first kappa shape index (κ1) is 21.1. The van der Waals surface area contributed by atoms with Crippen LogP contribution in [0.2, 0.25) is 0 Å². The first-order chi connectivity index (χ1) is 14.7. The number of carbonyl (C=O) groups excluding carboxylic acids is 1. The summed E-state index contributed by atoms with van der Waals surface area (Å²) in [4.78, 5) is 21.0. The Morgan fingerprint density at radius 3 is 2.68 bits per heavy atom. The standard InChI is InChI=1S/C21H23N5O4S/c1-12-8-9-22-18(10-12)23-20(27)14(3)26-31(28,29)17-11-16(5-4-13(17)2)19-24-21(30-25-19)15-6-7-15/h4-5,8-11,14-15,26H,6-7H2,1-3H3,(H,22,23,27)/t14-/m1/s1. The van der Waals surface area contributed by atoms with Gasteiger partial charge < -0.3 is 9.84 Å². The van der Waals surface area contributed by atoms with Crippen LogP contribution in [0.4, 0.5) is 5.82 Å². The summed E-state index contributed by atoms with van der Waals surface area (Å²) in [7, 11) is -3.98. The van der Waals surface area contributed by atoms with Gasteiger partial charge in [0.25, 0.3) is 0 Å². The van der Waals surface area contributed by atoms with E-state index in [0.29, 0.717) is 34.6 Å². The fourth-order valence-electron chi connectivity index (χ4n) is 3.07. The van der Waals surface area contributed by atoms with Crippen molar-refractivity contribution in [3.63, 3.8) is 0 Å².